The van der Waals surface area contributed by atoms with Crippen molar-refractivity contribution in [3.8, 4) is 5.75 Å². The van der Waals surface area contributed by atoms with E-state index in [1.54, 1.807) is 19.4 Å². The summed E-state index contributed by atoms with van der Waals surface area (Å²) >= 11 is 6.55. The minimum absolute atomic E-state index is 0.0550. The number of hydrogen-bond acceptors (Lipinski definition) is 9. The van der Waals surface area contributed by atoms with Gasteiger partial charge in [0, 0.05) is 54.9 Å². The number of likely N-dealkylation sites (tertiary alicyclic amines) is 1. The first-order chi connectivity index (χ1) is 20.5. The molecule has 0 aromatic carbocycles. The predicted octanol–water partition coefficient (Wildman–Crippen LogP) is 2.95. The average molecular weight is 609 g/mol. The number of aromatic nitrogens is 4. The first kappa shape index (κ1) is 30.5. The number of nitrogens with two attached hydrogens (primary N) is 1. The maximum absolute atomic E-state index is 13.9. The molecule has 1 saturated heterocycles. The zero-order valence-corrected chi connectivity index (χ0v) is 25.8. The van der Waals surface area contributed by atoms with Gasteiger partial charge in [0.15, 0.2) is 5.82 Å². The second-order valence-corrected chi connectivity index (χ2v) is 11.4. The van der Waals surface area contributed by atoms with Crippen LogP contribution in [0.3, 0.4) is 0 Å². The molecule has 5 rings (SSSR count). The standard InChI is InChI=1S/C30H37ClN8O4/c1-15-13-34-22(17(3)25(15)43-5)14-39-27-24(26(31)36-30(32)37-27)20(29(39)42)12-21-16(2)23(18(4)35-21)28(41)33-8-11-38-9-6-19(40)7-10-38/h12-13,19,35,40H,6-11,14H2,1-5H3,(H,33,41)(H2,32,36,37). The van der Waals surface area contributed by atoms with Crippen LogP contribution in [0.15, 0.2) is 6.20 Å². The Morgan fingerprint density at radius 1 is 1.23 bits per heavy atom. The number of fused-ring (bicyclic) bond motifs is 1. The van der Waals surface area contributed by atoms with E-state index in [0.29, 0.717) is 58.4 Å². The fraction of sp³-hybridized carbons (Fsp3) is 0.433. The molecule has 43 heavy (non-hydrogen) atoms. The molecule has 0 radical (unpaired) electrons. The summed E-state index contributed by atoms with van der Waals surface area (Å²) in [7, 11) is 1.60. The van der Waals surface area contributed by atoms with Gasteiger partial charge in [0.1, 0.15) is 10.9 Å². The number of anilines is 2. The summed E-state index contributed by atoms with van der Waals surface area (Å²) in [5, 5.41) is 12.8. The Bertz CT molecular complexity index is 1610. The molecule has 0 aliphatic carbocycles. The number of aliphatic hydroxyl groups excluding tert-OH is 1. The number of carbonyl (C=O) groups excluding carboxylic acids is 2. The van der Waals surface area contributed by atoms with Gasteiger partial charge in [0.05, 0.1) is 42.2 Å². The lowest BCUT2D eigenvalue weighted by atomic mass is 10.1. The number of pyridine rings is 1. The summed E-state index contributed by atoms with van der Waals surface area (Å²) in [6.45, 7) is 10.4. The molecule has 5 heterocycles. The zero-order valence-electron chi connectivity index (χ0n) is 25.0. The molecular weight excluding hydrogens is 572 g/mol. The van der Waals surface area contributed by atoms with Gasteiger partial charge >= 0.3 is 0 Å². The maximum Gasteiger partial charge on any atom is 0.260 e. The number of methoxy groups -OCH3 is 1. The van der Waals surface area contributed by atoms with Gasteiger partial charge in [0.2, 0.25) is 5.95 Å². The van der Waals surface area contributed by atoms with E-state index < -0.39 is 0 Å². The molecule has 2 aliphatic heterocycles. The van der Waals surface area contributed by atoms with Crippen LogP contribution in [0.4, 0.5) is 11.8 Å². The third-order valence-electron chi connectivity index (χ3n) is 8.18. The molecule has 3 aromatic rings. The Hall–Kier alpha value is -4.00. The number of nitrogens with zero attached hydrogens (tertiary/aromatic N) is 5. The highest BCUT2D eigenvalue weighted by Crippen LogP contribution is 2.42. The van der Waals surface area contributed by atoms with Crippen molar-refractivity contribution in [2.45, 2.75) is 53.2 Å². The largest absolute Gasteiger partial charge is 0.496 e. The summed E-state index contributed by atoms with van der Waals surface area (Å²) < 4.78 is 5.55. The molecule has 1 fully saturated rings. The molecule has 0 spiro atoms. The van der Waals surface area contributed by atoms with Crippen LogP contribution in [0, 0.1) is 27.7 Å². The van der Waals surface area contributed by atoms with E-state index in [2.05, 4.69) is 30.2 Å². The Labute approximate surface area is 255 Å². The predicted molar refractivity (Wildman–Crippen MR) is 165 cm³/mol. The number of halogens is 1. The molecule has 0 bridgehead atoms. The average Bonchev–Trinajstić information content (AvgIpc) is 3.38. The summed E-state index contributed by atoms with van der Waals surface area (Å²) in [6, 6.07) is 0. The van der Waals surface area contributed by atoms with Gasteiger partial charge in [-0.25, -0.2) is 4.98 Å². The second kappa shape index (κ2) is 12.3. The van der Waals surface area contributed by atoms with Gasteiger partial charge in [-0.05, 0) is 52.2 Å². The molecule has 0 unspecified atom stereocenters. The number of hydrogen-bond donors (Lipinski definition) is 4. The van der Waals surface area contributed by atoms with Crippen LogP contribution < -0.4 is 20.7 Å². The fourth-order valence-electron chi connectivity index (χ4n) is 5.84. The number of piperidine rings is 1. The Kier molecular flexibility index (Phi) is 8.72. The highest BCUT2D eigenvalue weighted by atomic mass is 35.5. The number of nitrogens with one attached hydrogen (secondary N) is 2. The van der Waals surface area contributed by atoms with Crippen molar-refractivity contribution < 1.29 is 19.4 Å². The Balaban J connectivity index is 1.42. The third-order valence-corrected chi connectivity index (χ3v) is 8.46. The van der Waals surface area contributed by atoms with Crippen LogP contribution in [0.5, 0.6) is 5.75 Å². The summed E-state index contributed by atoms with van der Waals surface area (Å²) in [5.74, 6) is 0.392. The van der Waals surface area contributed by atoms with Crippen molar-refractivity contribution in [1.82, 2.24) is 30.2 Å². The topological polar surface area (TPSA) is 163 Å². The molecule has 0 atom stereocenters. The van der Waals surface area contributed by atoms with Crippen LogP contribution in [0.2, 0.25) is 5.15 Å². The van der Waals surface area contributed by atoms with E-state index in [0.717, 1.165) is 37.1 Å². The highest BCUT2D eigenvalue weighted by molar-refractivity contribution is 6.41. The van der Waals surface area contributed by atoms with Gasteiger partial charge < -0.3 is 30.8 Å². The van der Waals surface area contributed by atoms with Crippen molar-refractivity contribution in [3.05, 3.63) is 56.2 Å². The lowest BCUT2D eigenvalue weighted by Gasteiger charge is -2.29. The summed E-state index contributed by atoms with van der Waals surface area (Å²) in [6.07, 6.45) is 4.65. The minimum atomic E-state index is -0.346. The fourth-order valence-corrected chi connectivity index (χ4v) is 6.11. The van der Waals surface area contributed by atoms with E-state index in [4.69, 9.17) is 22.1 Å². The summed E-state index contributed by atoms with van der Waals surface area (Å²) in [5.41, 5.74) is 11.4. The van der Waals surface area contributed by atoms with Gasteiger partial charge in [-0.3, -0.25) is 19.5 Å². The highest BCUT2D eigenvalue weighted by Gasteiger charge is 2.38. The lowest BCUT2D eigenvalue weighted by molar-refractivity contribution is -0.113. The monoisotopic (exact) mass is 608 g/mol. The van der Waals surface area contributed by atoms with Crippen LogP contribution in [0.1, 0.15) is 62.5 Å². The molecule has 5 N–H and O–H groups in total. The zero-order chi connectivity index (χ0) is 31.0. The number of nitrogen functional groups attached to an aromatic ring is 1. The lowest BCUT2D eigenvalue weighted by Crippen LogP contribution is -2.40. The minimum Gasteiger partial charge on any atom is -0.496 e. The number of aromatic amines is 1. The van der Waals surface area contributed by atoms with Crippen molar-refractivity contribution in [2.24, 2.45) is 0 Å². The van der Waals surface area contributed by atoms with Crippen LogP contribution >= 0.6 is 11.6 Å². The molecule has 12 nitrogen and oxygen atoms in total. The number of H-pyrrole nitrogens is 1. The van der Waals surface area contributed by atoms with Gasteiger partial charge in [-0.15, -0.1) is 0 Å². The number of aryl methyl sites for hydroxylation is 2. The Morgan fingerprint density at radius 3 is 2.65 bits per heavy atom. The first-order valence-electron chi connectivity index (χ1n) is 14.2. The maximum atomic E-state index is 13.9. The van der Waals surface area contributed by atoms with Gasteiger partial charge in [-0.1, -0.05) is 11.6 Å². The van der Waals surface area contributed by atoms with Crippen LogP contribution in [-0.4, -0.2) is 81.1 Å². The van der Waals surface area contributed by atoms with Crippen LogP contribution in [0.25, 0.3) is 11.6 Å². The number of amides is 2. The second-order valence-electron chi connectivity index (χ2n) is 11.1. The normalized spacial score (nSPS) is 16.7. The van der Waals surface area contributed by atoms with E-state index >= 15 is 0 Å². The Morgan fingerprint density at radius 2 is 1.95 bits per heavy atom. The van der Waals surface area contributed by atoms with Crippen molar-refractivity contribution in [3.63, 3.8) is 0 Å². The number of carbonyl (C=O) groups is 2. The smallest absolute Gasteiger partial charge is 0.260 e. The third kappa shape index (κ3) is 5.95. The van der Waals surface area contributed by atoms with E-state index in [1.165, 1.54) is 4.90 Å². The van der Waals surface area contributed by atoms with Gasteiger partial charge in [-0.2, -0.15) is 4.98 Å². The molecule has 3 aromatic heterocycles. The van der Waals surface area contributed by atoms with Crippen molar-refractivity contribution >= 4 is 46.8 Å². The first-order valence-corrected chi connectivity index (χ1v) is 14.6. The van der Waals surface area contributed by atoms with E-state index in [1.807, 2.05) is 27.7 Å². The van der Waals surface area contributed by atoms with Crippen molar-refractivity contribution in [2.75, 3.05) is 43.9 Å². The molecule has 228 valence electrons. The SMILES string of the molecule is COc1c(C)cnc(CN2C(=O)C(=Cc3[nH]c(C)c(C(=O)NCCN4CCC(O)CC4)c3C)c3c(Cl)nc(N)nc32)c1C. The quantitative estimate of drug-likeness (QED) is 0.222. The molecule has 2 amide bonds. The van der Waals surface area contributed by atoms with E-state index in [-0.39, 0.29) is 41.1 Å². The molecular formula is C30H37ClN8O4. The molecule has 2 aliphatic rings. The van der Waals surface area contributed by atoms with Crippen LogP contribution in [-0.2, 0) is 11.3 Å². The van der Waals surface area contributed by atoms with Crippen molar-refractivity contribution in [1.29, 1.82) is 0 Å². The number of rotatable bonds is 8. The number of aliphatic hydroxyl groups is 1. The molecule has 13 heteroatoms. The molecule has 0 saturated carbocycles. The van der Waals surface area contributed by atoms with E-state index in [9.17, 15) is 14.7 Å². The van der Waals surface area contributed by atoms with Gasteiger partial charge in [0.25, 0.3) is 11.8 Å². The summed E-state index contributed by atoms with van der Waals surface area (Å²) in [4.78, 5) is 47.1. The number of ether oxygens (including phenoxy) is 1.